The number of carboxylic acids is 1. The Morgan fingerprint density at radius 1 is 1.39 bits per heavy atom. The maximum absolute atomic E-state index is 11.0. The number of hydrogen-bond donors (Lipinski definition) is 1. The van der Waals surface area contributed by atoms with Gasteiger partial charge in [-0.3, -0.25) is 4.79 Å². The molecule has 0 amide bonds. The molecule has 0 fully saturated rings. The molecule has 1 atom stereocenters. The Balaban J connectivity index is 2.82. The molecule has 0 aromatic heterocycles. The summed E-state index contributed by atoms with van der Waals surface area (Å²) < 4.78 is 5.05. The van der Waals surface area contributed by atoms with Crippen molar-refractivity contribution in [3.05, 3.63) is 29.8 Å². The number of aryl methyl sites for hydroxylation is 1. The van der Waals surface area contributed by atoms with Crippen LogP contribution in [0.15, 0.2) is 24.3 Å². The smallest absolute Gasteiger partial charge is 0.323 e. The number of benzene rings is 1. The van der Waals surface area contributed by atoms with E-state index in [9.17, 15) is 4.79 Å². The van der Waals surface area contributed by atoms with Crippen LogP contribution < -0.4 is 4.90 Å². The normalized spacial score (nSPS) is 12.2. The molecule has 4 heteroatoms. The fraction of sp³-hybridized carbons (Fsp3) is 0.500. The van der Waals surface area contributed by atoms with Gasteiger partial charge < -0.3 is 14.7 Å². The standard InChI is InChI=1S/C14H21NO3/c1-11-4-6-13(7-5-11)15(10-14(16)17)12(2)8-9-18-3/h4-7,12H,8-10H2,1-3H3,(H,16,17). The highest BCUT2D eigenvalue weighted by Crippen LogP contribution is 2.19. The van der Waals surface area contributed by atoms with E-state index < -0.39 is 5.97 Å². The van der Waals surface area contributed by atoms with Crippen LogP contribution in [0.2, 0.25) is 0 Å². The summed E-state index contributed by atoms with van der Waals surface area (Å²) in [4.78, 5) is 12.8. The van der Waals surface area contributed by atoms with E-state index in [1.54, 1.807) is 7.11 Å². The van der Waals surface area contributed by atoms with E-state index in [1.807, 2.05) is 43.0 Å². The number of aliphatic carboxylic acids is 1. The van der Waals surface area contributed by atoms with Crippen LogP contribution in [0.5, 0.6) is 0 Å². The van der Waals surface area contributed by atoms with Crippen molar-refractivity contribution in [1.29, 1.82) is 0 Å². The van der Waals surface area contributed by atoms with E-state index in [4.69, 9.17) is 9.84 Å². The van der Waals surface area contributed by atoms with Gasteiger partial charge in [-0.05, 0) is 32.4 Å². The molecule has 1 aromatic rings. The lowest BCUT2D eigenvalue weighted by Crippen LogP contribution is -2.38. The van der Waals surface area contributed by atoms with Crippen LogP contribution in [-0.4, -0.2) is 37.4 Å². The number of carboxylic acid groups (broad SMARTS) is 1. The number of anilines is 1. The SMILES string of the molecule is COCCC(C)N(CC(=O)O)c1ccc(C)cc1. The molecule has 1 rings (SSSR count). The van der Waals surface area contributed by atoms with Gasteiger partial charge in [-0.25, -0.2) is 0 Å². The molecule has 0 saturated heterocycles. The lowest BCUT2D eigenvalue weighted by atomic mass is 10.1. The third-order valence-electron chi connectivity index (χ3n) is 2.94. The Labute approximate surface area is 108 Å². The quantitative estimate of drug-likeness (QED) is 0.808. The van der Waals surface area contributed by atoms with Crippen molar-refractivity contribution in [2.45, 2.75) is 26.3 Å². The van der Waals surface area contributed by atoms with E-state index in [0.717, 1.165) is 12.1 Å². The molecule has 100 valence electrons. The summed E-state index contributed by atoms with van der Waals surface area (Å²) in [6.07, 6.45) is 0.803. The third kappa shape index (κ3) is 4.37. The number of rotatable bonds is 7. The van der Waals surface area contributed by atoms with Crippen LogP contribution in [-0.2, 0) is 9.53 Å². The average Bonchev–Trinajstić information content (AvgIpc) is 2.34. The molecule has 18 heavy (non-hydrogen) atoms. The first kappa shape index (κ1) is 14.5. The number of ether oxygens (including phenoxy) is 1. The van der Waals surface area contributed by atoms with E-state index >= 15 is 0 Å². The van der Waals surface area contributed by atoms with E-state index in [1.165, 1.54) is 5.56 Å². The minimum atomic E-state index is -0.820. The molecule has 1 unspecified atom stereocenters. The summed E-state index contributed by atoms with van der Waals surface area (Å²) in [7, 11) is 1.65. The van der Waals surface area contributed by atoms with Crippen LogP contribution in [0.3, 0.4) is 0 Å². The summed E-state index contributed by atoms with van der Waals surface area (Å²) in [5, 5.41) is 9.00. The van der Waals surface area contributed by atoms with Gasteiger partial charge in [0.1, 0.15) is 6.54 Å². The zero-order valence-electron chi connectivity index (χ0n) is 11.2. The van der Waals surface area contributed by atoms with Crippen molar-refractivity contribution in [1.82, 2.24) is 0 Å². The first-order valence-corrected chi connectivity index (χ1v) is 6.08. The summed E-state index contributed by atoms with van der Waals surface area (Å²) in [5.74, 6) is -0.820. The molecule has 4 nitrogen and oxygen atoms in total. The molecule has 0 heterocycles. The predicted octanol–water partition coefficient (Wildman–Crippen LogP) is 2.31. The van der Waals surface area contributed by atoms with Gasteiger partial charge in [0.15, 0.2) is 0 Å². The van der Waals surface area contributed by atoms with E-state index in [0.29, 0.717) is 6.61 Å². The third-order valence-corrected chi connectivity index (χ3v) is 2.94. The predicted molar refractivity (Wildman–Crippen MR) is 72.1 cm³/mol. The van der Waals surface area contributed by atoms with Crippen molar-refractivity contribution in [3.63, 3.8) is 0 Å². The van der Waals surface area contributed by atoms with E-state index in [2.05, 4.69) is 0 Å². The monoisotopic (exact) mass is 251 g/mol. The Hall–Kier alpha value is -1.55. The second-order valence-corrected chi connectivity index (χ2v) is 4.49. The molecule has 0 aliphatic heterocycles. The molecule has 0 spiro atoms. The number of methoxy groups -OCH3 is 1. The number of carbonyl (C=O) groups is 1. The van der Waals surface area contributed by atoms with Crippen LogP contribution >= 0.6 is 0 Å². The lowest BCUT2D eigenvalue weighted by Gasteiger charge is -2.29. The van der Waals surface area contributed by atoms with Gasteiger partial charge in [0, 0.05) is 25.4 Å². The second-order valence-electron chi connectivity index (χ2n) is 4.49. The average molecular weight is 251 g/mol. The maximum Gasteiger partial charge on any atom is 0.323 e. The summed E-state index contributed by atoms with van der Waals surface area (Å²) in [6.45, 7) is 4.67. The Morgan fingerprint density at radius 2 is 2.00 bits per heavy atom. The van der Waals surface area contributed by atoms with E-state index in [-0.39, 0.29) is 12.6 Å². The fourth-order valence-corrected chi connectivity index (χ4v) is 1.83. The number of nitrogens with zero attached hydrogens (tertiary/aromatic N) is 1. The van der Waals surface area contributed by atoms with Gasteiger partial charge in [0.2, 0.25) is 0 Å². The molecule has 0 aliphatic rings. The zero-order chi connectivity index (χ0) is 13.5. The molecular formula is C14H21NO3. The fourth-order valence-electron chi connectivity index (χ4n) is 1.83. The topological polar surface area (TPSA) is 49.8 Å². The van der Waals surface area contributed by atoms with Gasteiger partial charge in [0.05, 0.1) is 0 Å². The minimum absolute atomic E-state index is 0.00788. The molecule has 1 N–H and O–H groups in total. The molecular weight excluding hydrogens is 230 g/mol. The molecule has 0 aliphatic carbocycles. The summed E-state index contributed by atoms with van der Waals surface area (Å²) >= 11 is 0. The highest BCUT2D eigenvalue weighted by Gasteiger charge is 2.17. The zero-order valence-corrected chi connectivity index (χ0v) is 11.2. The molecule has 0 radical (unpaired) electrons. The second kappa shape index (κ2) is 7.01. The van der Waals surface area contributed by atoms with Gasteiger partial charge >= 0.3 is 5.97 Å². The first-order valence-electron chi connectivity index (χ1n) is 6.08. The maximum atomic E-state index is 11.0. The highest BCUT2D eigenvalue weighted by atomic mass is 16.5. The Kier molecular flexibility index (Phi) is 5.65. The van der Waals surface area contributed by atoms with Crippen LogP contribution in [0.1, 0.15) is 18.9 Å². The lowest BCUT2D eigenvalue weighted by molar-refractivity contribution is -0.135. The van der Waals surface area contributed by atoms with Crippen molar-refractivity contribution < 1.29 is 14.6 Å². The molecule has 1 aromatic carbocycles. The van der Waals surface area contributed by atoms with Crippen molar-refractivity contribution in [3.8, 4) is 0 Å². The van der Waals surface area contributed by atoms with Crippen LogP contribution in [0, 0.1) is 6.92 Å². The first-order chi connectivity index (χ1) is 8.54. The van der Waals surface area contributed by atoms with Gasteiger partial charge in [0.25, 0.3) is 0 Å². The highest BCUT2D eigenvalue weighted by molar-refractivity contribution is 5.74. The van der Waals surface area contributed by atoms with Gasteiger partial charge in [-0.1, -0.05) is 17.7 Å². The van der Waals surface area contributed by atoms with Crippen LogP contribution in [0.25, 0.3) is 0 Å². The van der Waals surface area contributed by atoms with Crippen molar-refractivity contribution >= 4 is 11.7 Å². The summed E-state index contributed by atoms with van der Waals surface area (Å²) in [6, 6.07) is 8.03. The largest absolute Gasteiger partial charge is 0.480 e. The summed E-state index contributed by atoms with van der Waals surface area (Å²) in [5.41, 5.74) is 2.10. The van der Waals surface area contributed by atoms with Crippen molar-refractivity contribution in [2.24, 2.45) is 0 Å². The minimum Gasteiger partial charge on any atom is -0.480 e. The Morgan fingerprint density at radius 3 is 2.50 bits per heavy atom. The van der Waals surface area contributed by atoms with Gasteiger partial charge in [-0.2, -0.15) is 0 Å². The van der Waals surface area contributed by atoms with Gasteiger partial charge in [-0.15, -0.1) is 0 Å². The van der Waals surface area contributed by atoms with Crippen LogP contribution in [0.4, 0.5) is 5.69 Å². The molecule has 0 bridgehead atoms. The number of hydrogen-bond acceptors (Lipinski definition) is 3. The van der Waals surface area contributed by atoms with Crippen molar-refractivity contribution in [2.75, 3.05) is 25.2 Å². The Bertz CT molecular complexity index is 375. The molecule has 0 saturated carbocycles.